The Morgan fingerprint density at radius 2 is 2.32 bits per heavy atom. The van der Waals surface area contributed by atoms with E-state index < -0.39 is 5.97 Å². The Morgan fingerprint density at radius 3 is 3.05 bits per heavy atom. The minimum atomic E-state index is -1.10. The van der Waals surface area contributed by atoms with Gasteiger partial charge in [0.2, 0.25) is 0 Å². The molecule has 2 atom stereocenters. The summed E-state index contributed by atoms with van der Waals surface area (Å²) >= 11 is 1.09. The number of ether oxygens (including phenoxy) is 1. The van der Waals surface area contributed by atoms with Crippen LogP contribution in [-0.4, -0.2) is 52.2 Å². The molecule has 19 heavy (non-hydrogen) atoms. The van der Waals surface area contributed by atoms with E-state index in [1.807, 2.05) is 0 Å². The van der Waals surface area contributed by atoms with E-state index in [0.717, 1.165) is 30.6 Å². The molecule has 102 valence electrons. The molecule has 2 aliphatic rings. The molecule has 0 radical (unpaired) electrons. The van der Waals surface area contributed by atoms with Crippen LogP contribution in [0.4, 0.5) is 0 Å². The van der Waals surface area contributed by atoms with Gasteiger partial charge in [-0.1, -0.05) is 0 Å². The number of carboxylic acids is 1. The van der Waals surface area contributed by atoms with E-state index in [2.05, 4.69) is 4.98 Å². The smallest absolute Gasteiger partial charge is 0.355 e. The predicted octanol–water partition coefficient (Wildman–Crippen LogP) is 1.23. The Bertz CT molecular complexity index is 516. The van der Waals surface area contributed by atoms with Crippen LogP contribution in [0.3, 0.4) is 0 Å². The SMILES string of the molecule is O=C(O)c1csc(C(=O)N2CCOC3CCCC32)n1. The van der Waals surface area contributed by atoms with Gasteiger partial charge in [0, 0.05) is 11.9 Å². The number of carbonyl (C=O) groups excluding carboxylic acids is 1. The number of aromatic nitrogens is 1. The lowest BCUT2D eigenvalue weighted by Crippen LogP contribution is -2.51. The average molecular weight is 282 g/mol. The second-order valence-electron chi connectivity index (χ2n) is 4.75. The Balaban J connectivity index is 1.80. The third-order valence-electron chi connectivity index (χ3n) is 3.65. The number of carboxylic acid groups (broad SMARTS) is 1. The van der Waals surface area contributed by atoms with Gasteiger partial charge in [-0.15, -0.1) is 11.3 Å². The van der Waals surface area contributed by atoms with E-state index in [1.165, 1.54) is 5.38 Å². The summed E-state index contributed by atoms with van der Waals surface area (Å²) in [6.07, 6.45) is 3.15. The molecule has 7 heteroatoms. The van der Waals surface area contributed by atoms with Crippen molar-refractivity contribution in [2.24, 2.45) is 0 Å². The van der Waals surface area contributed by atoms with Gasteiger partial charge in [-0.3, -0.25) is 4.79 Å². The largest absolute Gasteiger partial charge is 0.476 e. The lowest BCUT2D eigenvalue weighted by atomic mass is 10.1. The van der Waals surface area contributed by atoms with Gasteiger partial charge in [0.25, 0.3) is 5.91 Å². The zero-order chi connectivity index (χ0) is 13.4. The van der Waals surface area contributed by atoms with E-state index in [0.29, 0.717) is 13.2 Å². The zero-order valence-corrected chi connectivity index (χ0v) is 11.1. The van der Waals surface area contributed by atoms with Crippen LogP contribution in [0.1, 0.15) is 39.6 Å². The minimum absolute atomic E-state index is 0.0652. The molecule has 1 aromatic rings. The third-order valence-corrected chi connectivity index (χ3v) is 4.48. The molecule has 1 saturated heterocycles. The normalized spacial score (nSPS) is 26.2. The molecular formula is C12H14N2O4S. The molecule has 1 amide bonds. The van der Waals surface area contributed by atoms with Gasteiger partial charge in [0.15, 0.2) is 10.7 Å². The van der Waals surface area contributed by atoms with Gasteiger partial charge in [0.05, 0.1) is 18.8 Å². The summed E-state index contributed by atoms with van der Waals surface area (Å²) in [5.41, 5.74) is -0.0652. The maximum atomic E-state index is 12.4. The van der Waals surface area contributed by atoms with Gasteiger partial charge in [0.1, 0.15) is 0 Å². The van der Waals surface area contributed by atoms with Crippen molar-refractivity contribution < 1.29 is 19.4 Å². The number of fused-ring (bicyclic) bond motifs is 1. The number of amides is 1. The number of nitrogens with zero attached hydrogens (tertiary/aromatic N) is 2. The van der Waals surface area contributed by atoms with Gasteiger partial charge in [-0.05, 0) is 19.3 Å². The van der Waals surface area contributed by atoms with Crippen LogP contribution in [-0.2, 0) is 4.74 Å². The van der Waals surface area contributed by atoms with E-state index in [1.54, 1.807) is 4.90 Å². The molecule has 0 aromatic carbocycles. The topological polar surface area (TPSA) is 79.7 Å². The first-order valence-corrected chi connectivity index (χ1v) is 7.16. The summed E-state index contributed by atoms with van der Waals surface area (Å²) in [6, 6.07) is 0.124. The highest BCUT2D eigenvalue weighted by atomic mass is 32.1. The summed E-state index contributed by atoms with van der Waals surface area (Å²) in [4.78, 5) is 28.9. The molecule has 6 nitrogen and oxygen atoms in total. The van der Waals surface area contributed by atoms with Crippen molar-refractivity contribution in [2.75, 3.05) is 13.2 Å². The Kier molecular flexibility index (Phi) is 3.24. The molecular weight excluding hydrogens is 268 g/mol. The maximum Gasteiger partial charge on any atom is 0.355 e. The van der Waals surface area contributed by atoms with Crippen LogP contribution in [0.25, 0.3) is 0 Å². The van der Waals surface area contributed by atoms with Crippen LogP contribution < -0.4 is 0 Å². The van der Waals surface area contributed by atoms with E-state index in [-0.39, 0.29) is 28.8 Å². The fraction of sp³-hybridized carbons (Fsp3) is 0.583. The lowest BCUT2D eigenvalue weighted by Gasteiger charge is -2.37. The van der Waals surface area contributed by atoms with Crippen LogP contribution in [0.2, 0.25) is 0 Å². The summed E-state index contributed by atoms with van der Waals surface area (Å²) in [7, 11) is 0. The summed E-state index contributed by atoms with van der Waals surface area (Å²) in [6.45, 7) is 1.10. The molecule has 1 aliphatic carbocycles. The fourth-order valence-corrected chi connectivity index (χ4v) is 3.52. The van der Waals surface area contributed by atoms with Crippen molar-refractivity contribution >= 4 is 23.2 Å². The highest BCUT2D eigenvalue weighted by Gasteiger charge is 2.39. The number of morpholine rings is 1. The molecule has 1 saturated carbocycles. The van der Waals surface area contributed by atoms with Gasteiger partial charge in [-0.25, -0.2) is 9.78 Å². The molecule has 1 aliphatic heterocycles. The van der Waals surface area contributed by atoms with Crippen LogP contribution in [0, 0.1) is 0 Å². The molecule has 2 heterocycles. The van der Waals surface area contributed by atoms with Gasteiger partial charge < -0.3 is 14.7 Å². The summed E-state index contributed by atoms with van der Waals surface area (Å²) in [5, 5.41) is 10.5. The van der Waals surface area contributed by atoms with Crippen LogP contribution in [0.15, 0.2) is 5.38 Å². The number of aromatic carboxylic acids is 1. The summed E-state index contributed by atoms with van der Waals surface area (Å²) < 4.78 is 5.66. The number of thiazole rings is 1. The molecule has 2 unspecified atom stereocenters. The second kappa shape index (κ2) is 4.90. The zero-order valence-electron chi connectivity index (χ0n) is 10.2. The lowest BCUT2D eigenvalue weighted by molar-refractivity contribution is -0.0445. The summed E-state index contributed by atoms with van der Waals surface area (Å²) in [5.74, 6) is -1.27. The number of hydrogen-bond acceptors (Lipinski definition) is 5. The average Bonchev–Trinajstić information content (AvgIpc) is 3.06. The van der Waals surface area contributed by atoms with Crippen molar-refractivity contribution in [3.63, 3.8) is 0 Å². The van der Waals surface area contributed by atoms with Crippen LogP contribution >= 0.6 is 11.3 Å². The van der Waals surface area contributed by atoms with Crippen molar-refractivity contribution in [3.05, 3.63) is 16.1 Å². The number of rotatable bonds is 2. The Labute approximate surface area is 114 Å². The second-order valence-corrected chi connectivity index (χ2v) is 5.61. The van der Waals surface area contributed by atoms with E-state index in [4.69, 9.17) is 9.84 Å². The van der Waals surface area contributed by atoms with Crippen molar-refractivity contribution in [1.82, 2.24) is 9.88 Å². The highest BCUT2D eigenvalue weighted by molar-refractivity contribution is 7.11. The first-order valence-electron chi connectivity index (χ1n) is 6.28. The van der Waals surface area contributed by atoms with Gasteiger partial charge in [-0.2, -0.15) is 0 Å². The van der Waals surface area contributed by atoms with Crippen molar-refractivity contribution in [3.8, 4) is 0 Å². The number of hydrogen-bond donors (Lipinski definition) is 1. The molecule has 1 aromatic heterocycles. The molecule has 0 spiro atoms. The van der Waals surface area contributed by atoms with E-state index in [9.17, 15) is 9.59 Å². The first-order chi connectivity index (χ1) is 9.16. The first kappa shape index (κ1) is 12.6. The minimum Gasteiger partial charge on any atom is -0.476 e. The molecule has 2 fully saturated rings. The van der Waals surface area contributed by atoms with Crippen LogP contribution in [0.5, 0.6) is 0 Å². The standard InChI is InChI=1S/C12H14N2O4S/c15-11(10-13-7(6-19-10)12(16)17)14-4-5-18-9-3-1-2-8(9)14/h6,8-9H,1-5H2,(H,16,17). The van der Waals surface area contributed by atoms with Gasteiger partial charge >= 0.3 is 5.97 Å². The molecule has 3 rings (SSSR count). The Morgan fingerprint density at radius 1 is 1.47 bits per heavy atom. The van der Waals surface area contributed by atoms with Crippen molar-refractivity contribution in [2.45, 2.75) is 31.4 Å². The third kappa shape index (κ3) is 2.23. The monoisotopic (exact) mass is 282 g/mol. The fourth-order valence-electron chi connectivity index (χ4n) is 2.77. The number of carbonyl (C=O) groups is 2. The maximum absolute atomic E-state index is 12.4. The highest BCUT2D eigenvalue weighted by Crippen LogP contribution is 2.30. The predicted molar refractivity (Wildman–Crippen MR) is 67.5 cm³/mol. The van der Waals surface area contributed by atoms with Crippen molar-refractivity contribution in [1.29, 1.82) is 0 Å². The molecule has 1 N–H and O–H groups in total. The van der Waals surface area contributed by atoms with E-state index >= 15 is 0 Å². The molecule has 0 bridgehead atoms. The Hall–Kier alpha value is -1.47. The quantitative estimate of drug-likeness (QED) is 0.882.